The predicted octanol–water partition coefficient (Wildman–Crippen LogP) is 3.28. The van der Waals surface area contributed by atoms with E-state index in [1.807, 2.05) is 0 Å². The van der Waals surface area contributed by atoms with Crippen LogP contribution in [0.2, 0.25) is 0 Å². The average molecular weight is 181 g/mol. The molecule has 2 heteroatoms. The van der Waals surface area contributed by atoms with Crippen LogP contribution in [-0.2, 0) is 0 Å². The standard InChI is InChI=1S/C11H16FN/c1-8(2)9(3)13-11-6-4-10(12)5-7-11/h4-9,13H,1-3H3/t9-/m1/s1. The minimum absolute atomic E-state index is 0.192. The molecule has 1 atom stereocenters. The Morgan fingerprint density at radius 3 is 2.08 bits per heavy atom. The quantitative estimate of drug-likeness (QED) is 0.754. The predicted molar refractivity (Wildman–Crippen MR) is 54.3 cm³/mol. The van der Waals surface area contributed by atoms with Crippen LogP contribution in [0.25, 0.3) is 0 Å². The van der Waals surface area contributed by atoms with Gasteiger partial charge in [0.15, 0.2) is 0 Å². The summed E-state index contributed by atoms with van der Waals surface area (Å²) in [7, 11) is 0. The normalized spacial score (nSPS) is 13.0. The van der Waals surface area contributed by atoms with Crippen molar-refractivity contribution < 1.29 is 4.39 Å². The third-order valence-electron chi connectivity index (χ3n) is 2.24. The lowest BCUT2D eigenvalue weighted by Crippen LogP contribution is -2.21. The first-order valence-electron chi connectivity index (χ1n) is 4.61. The molecule has 0 aliphatic carbocycles. The lowest BCUT2D eigenvalue weighted by atomic mass is 10.1. The summed E-state index contributed by atoms with van der Waals surface area (Å²) in [6.07, 6.45) is 0. The highest BCUT2D eigenvalue weighted by Crippen LogP contribution is 2.12. The van der Waals surface area contributed by atoms with Crippen molar-refractivity contribution in [2.75, 3.05) is 5.32 Å². The first-order chi connectivity index (χ1) is 6.09. The smallest absolute Gasteiger partial charge is 0.123 e. The van der Waals surface area contributed by atoms with Crippen molar-refractivity contribution in [3.63, 3.8) is 0 Å². The van der Waals surface area contributed by atoms with Gasteiger partial charge in [-0.3, -0.25) is 0 Å². The van der Waals surface area contributed by atoms with Crippen LogP contribution < -0.4 is 5.32 Å². The maximum absolute atomic E-state index is 12.6. The first kappa shape index (κ1) is 10.0. The summed E-state index contributed by atoms with van der Waals surface area (Å²) < 4.78 is 12.6. The van der Waals surface area contributed by atoms with Gasteiger partial charge in [-0.1, -0.05) is 13.8 Å². The van der Waals surface area contributed by atoms with Gasteiger partial charge in [-0.15, -0.1) is 0 Å². The van der Waals surface area contributed by atoms with Gasteiger partial charge in [-0.2, -0.15) is 0 Å². The molecule has 0 unspecified atom stereocenters. The number of halogens is 1. The van der Waals surface area contributed by atoms with Crippen LogP contribution in [0.1, 0.15) is 20.8 Å². The molecule has 0 bridgehead atoms. The Bertz CT molecular complexity index is 253. The summed E-state index contributed by atoms with van der Waals surface area (Å²) in [6, 6.07) is 6.86. The number of benzene rings is 1. The van der Waals surface area contributed by atoms with Crippen LogP contribution in [0.4, 0.5) is 10.1 Å². The van der Waals surface area contributed by atoms with Crippen molar-refractivity contribution in [3.05, 3.63) is 30.1 Å². The Morgan fingerprint density at radius 1 is 1.08 bits per heavy atom. The van der Waals surface area contributed by atoms with Gasteiger partial charge in [0.05, 0.1) is 0 Å². The van der Waals surface area contributed by atoms with Crippen LogP contribution >= 0.6 is 0 Å². The number of anilines is 1. The molecule has 1 aromatic carbocycles. The van der Waals surface area contributed by atoms with Crippen molar-refractivity contribution in [3.8, 4) is 0 Å². The third-order valence-corrected chi connectivity index (χ3v) is 2.24. The van der Waals surface area contributed by atoms with E-state index in [1.165, 1.54) is 12.1 Å². The molecule has 72 valence electrons. The Labute approximate surface area is 79.0 Å². The second kappa shape index (κ2) is 4.26. The molecule has 0 fully saturated rings. The second-order valence-corrected chi connectivity index (χ2v) is 3.68. The van der Waals surface area contributed by atoms with Gasteiger partial charge >= 0.3 is 0 Å². The number of hydrogen-bond donors (Lipinski definition) is 1. The third kappa shape index (κ3) is 3.05. The van der Waals surface area contributed by atoms with E-state index in [1.54, 1.807) is 12.1 Å². The van der Waals surface area contributed by atoms with E-state index in [9.17, 15) is 4.39 Å². The largest absolute Gasteiger partial charge is 0.382 e. The molecule has 0 saturated heterocycles. The minimum atomic E-state index is -0.192. The van der Waals surface area contributed by atoms with Gasteiger partial charge in [0.2, 0.25) is 0 Å². The first-order valence-corrected chi connectivity index (χ1v) is 4.61. The molecule has 0 spiro atoms. The van der Waals surface area contributed by atoms with Crippen LogP contribution in [0.3, 0.4) is 0 Å². The van der Waals surface area contributed by atoms with Crippen molar-refractivity contribution in [2.24, 2.45) is 5.92 Å². The summed E-state index contributed by atoms with van der Waals surface area (Å²) in [5.74, 6) is 0.382. The summed E-state index contributed by atoms with van der Waals surface area (Å²) in [5.41, 5.74) is 0.975. The molecular weight excluding hydrogens is 165 g/mol. The van der Waals surface area contributed by atoms with Crippen LogP contribution in [-0.4, -0.2) is 6.04 Å². The van der Waals surface area contributed by atoms with E-state index in [0.29, 0.717) is 12.0 Å². The number of hydrogen-bond acceptors (Lipinski definition) is 1. The zero-order valence-corrected chi connectivity index (χ0v) is 8.34. The molecule has 1 rings (SSSR count). The molecule has 1 aromatic rings. The molecule has 13 heavy (non-hydrogen) atoms. The van der Waals surface area contributed by atoms with Crippen LogP contribution in [0.15, 0.2) is 24.3 Å². The number of rotatable bonds is 3. The highest BCUT2D eigenvalue weighted by atomic mass is 19.1. The number of nitrogens with one attached hydrogen (secondary N) is 1. The fourth-order valence-corrected chi connectivity index (χ4v) is 0.976. The Hall–Kier alpha value is -1.05. The van der Waals surface area contributed by atoms with Gasteiger partial charge in [0.1, 0.15) is 5.82 Å². The molecule has 1 nitrogen and oxygen atoms in total. The van der Waals surface area contributed by atoms with Crippen molar-refractivity contribution in [1.29, 1.82) is 0 Å². The molecule has 0 saturated carbocycles. The van der Waals surface area contributed by atoms with E-state index < -0.39 is 0 Å². The van der Waals surface area contributed by atoms with Crippen molar-refractivity contribution in [1.82, 2.24) is 0 Å². The molecular formula is C11H16FN. The highest BCUT2D eigenvalue weighted by molar-refractivity contribution is 5.43. The average Bonchev–Trinajstić information content (AvgIpc) is 2.08. The fraction of sp³-hybridized carbons (Fsp3) is 0.455. The van der Waals surface area contributed by atoms with Crippen molar-refractivity contribution >= 4 is 5.69 Å². The van der Waals surface area contributed by atoms with Gasteiger partial charge in [0.25, 0.3) is 0 Å². The minimum Gasteiger partial charge on any atom is -0.382 e. The summed E-state index contributed by atoms with van der Waals surface area (Å²) in [5, 5.41) is 3.30. The van der Waals surface area contributed by atoms with E-state index in [2.05, 4.69) is 26.1 Å². The summed E-state index contributed by atoms with van der Waals surface area (Å²) >= 11 is 0. The summed E-state index contributed by atoms with van der Waals surface area (Å²) in [6.45, 7) is 6.43. The molecule has 0 amide bonds. The van der Waals surface area contributed by atoms with E-state index in [-0.39, 0.29) is 5.82 Å². The molecule has 0 aliphatic rings. The topological polar surface area (TPSA) is 12.0 Å². The molecule has 0 aromatic heterocycles. The van der Waals surface area contributed by atoms with Gasteiger partial charge in [-0.25, -0.2) is 4.39 Å². The molecule has 0 radical (unpaired) electrons. The Balaban J connectivity index is 2.59. The zero-order chi connectivity index (χ0) is 9.84. The monoisotopic (exact) mass is 181 g/mol. The van der Waals surface area contributed by atoms with Gasteiger partial charge in [-0.05, 0) is 37.1 Å². The maximum atomic E-state index is 12.6. The summed E-state index contributed by atoms with van der Waals surface area (Å²) in [4.78, 5) is 0. The van der Waals surface area contributed by atoms with Gasteiger partial charge in [0, 0.05) is 11.7 Å². The van der Waals surface area contributed by atoms with E-state index in [0.717, 1.165) is 5.69 Å². The fourth-order valence-electron chi connectivity index (χ4n) is 0.976. The Kier molecular flexibility index (Phi) is 3.29. The highest BCUT2D eigenvalue weighted by Gasteiger charge is 2.05. The molecule has 1 N–H and O–H groups in total. The maximum Gasteiger partial charge on any atom is 0.123 e. The zero-order valence-electron chi connectivity index (χ0n) is 8.34. The molecule has 0 aliphatic heterocycles. The second-order valence-electron chi connectivity index (χ2n) is 3.68. The lowest BCUT2D eigenvalue weighted by molar-refractivity contribution is 0.559. The van der Waals surface area contributed by atoms with Crippen molar-refractivity contribution in [2.45, 2.75) is 26.8 Å². The Morgan fingerprint density at radius 2 is 1.62 bits per heavy atom. The van der Waals surface area contributed by atoms with Crippen LogP contribution in [0.5, 0.6) is 0 Å². The van der Waals surface area contributed by atoms with Gasteiger partial charge < -0.3 is 5.32 Å². The lowest BCUT2D eigenvalue weighted by Gasteiger charge is -2.18. The molecule has 0 heterocycles. The SMILES string of the molecule is CC(C)[C@@H](C)Nc1ccc(F)cc1. The van der Waals surface area contributed by atoms with E-state index in [4.69, 9.17) is 0 Å². The van der Waals surface area contributed by atoms with E-state index >= 15 is 0 Å². The van der Waals surface area contributed by atoms with Crippen LogP contribution in [0, 0.1) is 11.7 Å².